The Morgan fingerprint density at radius 3 is 2.75 bits per heavy atom. The number of hydrogen-bond acceptors (Lipinski definition) is 6. The van der Waals surface area contributed by atoms with Crippen LogP contribution in [0.25, 0.3) is 0 Å². The molecule has 0 fully saturated rings. The molecule has 0 spiro atoms. The van der Waals surface area contributed by atoms with E-state index in [1.165, 1.54) is 12.4 Å². The molecule has 0 unspecified atom stereocenters. The van der Waals surface area contributed by atoms with Crippen molar-refractivity contribution in [3.8, 4) is 0 Å². The van der Waals surface area contributed by atoms with Crippen LogP contribution in [0.5, 0.6) is 0 Å². The lowest BCUT2D eigenvalue weighted by Gasteiger charge is -2.10. The second kappa shape index (κ2) is 5.54. The SMILES string of the molecule is N=CC(=CN)Cc1cc(NI)nc(N)c1N. The molecule has 1 aromatic rings. The predicted octanol–water partition coefficient (Wildman–Crippen LogP) is 1.04. The fraction of sp³-hybridized carbons (Fsp3) is 0.111. The van der Waals surface area contributed by atoms with Gasteiger partial charge in [-0.1, -0.05) is 0 Å². The Labute approximate surface area is 107 Å². The molecule has 0 atom stereocenters. The van der Waals surface area contributed by atoms with Crippen molar-refractivity contribution in [1.82, 2.24) is 4.98 Å². The summed E-state index contributed by atoms with van der Waals surface area (Å²) >= 11 is 1.96. The molecule has 0 amide bonds. The number of nitrogen functional groups attached to an aromatic ring is 2. The van der Waals surface area contributed by atoms with Crippen LogP contribution in [-0.2, 0) is 6.42 Å². The number of halogens is 1. The van der Waals surface area contributed by atoms with Gasteiger partial charge in [-0.25, -0.2) is 4.98 Å². The van der Waals surface area contributed by atoms with E-state index in [4.69, 9.17) is 22.6 Å². The first kappa shape index (κ1) is 12.6. The monoisotopic (exact) mass is 332 g/mol. The first-order chi connectivity index (χ1) is 7.62. The van der Waals surface area contributed by atoms with Crippen molar-refractivity contribution in [3.63, 3.8) is 0 Å². The lowest BCUT2D eigenvalue weighted by atomic mass is 10.1. The Hall–Kier alpha value is -1.51. The molecule has 16 heavy (non-hydrogen) atoms. The second-order valence-corrected chi connectivity index (χ2v) is 3.66. The van der Waals surface area contributed by atoms with E-state index >= 15 is 0 Å². The summed E-state index contributed by atoms with van der Waals surface area (Å²) in [5, 5.41) is 7.15. The molecule has 0 aliphatic heterocycles. The van der Waals surface area contributed by atoms with Gasteiger partial charge in [0.15, 0.2) is 0 Å². The van der Waals surface area contributed by atoms with Crippen LogP contribution in [0.4, 0.5) is 17.3 Å². The fourth-order valence-corrected chi connectivity index (χ4v) is 1.48. The molecule has 0 aliphatic carbocycles. The molecule has 0 radical (unpaired) electrons. The van der Waals surface area contributed by atoms with Crippen LogP contribution in [0.1, 0.15) is 5.56 Å². The number of hydrogen-bond donors (Lipinski definition) is 5. The number of rotatable bonds is 4. The van der Waals surface area contributed by atoms with Crippen molar-refractivity contribution in [2.24, 2.45) is 5.73 Å². The highest BCUT2D eigenvalue weighted by atomic mass is 127. The van der Waals surface area contributed by atoms with Gasteiger partial charge < -0.3 is 26.1 Å². The zero-order valence-electron chi connectivity index (χ0n) is 8.50. The Morgan fingerprint density at radius 1 is 1.56 bits per heavy atom. The number of allylic oxidation sites excluding steroid dienone is 1. The number of pyridine rings is 1. The summed E-state index contributed by atoms with van der Waals surface area (Å²) in [5.74, 6) is 0.904. The Morgan fingerprint density at radius 2 is 2.25 bits per heavy atom. The molecule has 7 heteroatoms. The molecule has 0 aliphatic rings. The van der Waals surface area contributed by atoms with Crippen LogP contribution in [0.3, 0.4) is 0 Å². The summed E-state index contributed by atoms with van der Waals surface area (Å²) in [5.41, 5.74) is 18.7. The van der Waals surface area contributed by atoms with Gasteiger partial charge in [0.2, 0.25) is 0 Å². The average molecular weight is 332 g/mol. The maximum Gasteiger partial charge on any atom is 0.149 e. The number of nitrogens with two attached hydrogens (primary N) is 3. The molecule has 6 nitrogen and oxygen atoms in total. The number of aromatic nitrogens is 1. The van der Waals surface area contributed by atoms with Gasteiger partial charge in [-0.15, -0.1) is 0 Å². The van der Waals surface area contributed by atoms with Gasteiger partial charge in [-0.2, -0.15) is 0 Å². The van der Waals surface area contributed by atoms with Crippen LogP contribution < -0.4 is 20.7 Å². The highest BCUT2D eigenvalue weighted by Gasteiger charge is 2.08. The van der Waals surface area contributed by atoms with Crippen LogP contribution in [0.2, 0.25) is 0 Å². The van der Waals surface area contributed by atoms with Gasteiger partial charge in [0.05, 0.1) is 28.6 Å². The molecule has 0 aromatic carbocycles. The van der Waals surface area contributed by atoms with Crippen LogP contribution in [-0.4, -0.2) is 11.2 Å². The number of nitrogens with one attached hydrogen (secondary N) is 2. The molecule has 0 saturated heterocycles. The van der Waals surface area contributed by atoms with Gasteiger partial charge in [0.1, 0.15) is 11.6 Å². The maximum absolute atomic E-state index is 7.15. The minimum absolute atomic E-state index is 0.276. The van der Waals surface area contributed by atoms with Crippen LogP contribution in [0.15, 0.2) is 17.8 Å². The van der Waals surface area contributed by atoms with Crippen molar-refractivity contribution in [1.29, 1.82) is 5.41 Å². The first-order valence-corrected chi connectivity index (χ1v) is 5.53. The average Bonchev–Trinajstić information content (AvgIpc) is 2.30. The lowest BCUT2D eigenvalue weighted by molar-refractivity contribution is 1.19. The summed E-state index contributed by atoms with van der Waals surface area (Å²) in [6, 6.07) is 1.78. The fourth-order valence-electron chi connectivity index (χ4n) is 1.20. The number of anilines is 3. The van der Waals surface area contributed by atoms with E-state index in [-0.39, 0.29) is 5.82 Å². The quantitative estimate of drug-likeness (QED) is 0.320. The van der Waals surface area contributed by atoms with Crippen molar-refractivity contribution in [2.45, 2.75) is 6.42 Å². The molecule has 1 aromatic heterocycles. The summed E-state index contributed by atoms with van der Waals surface area (Å²) in [6.07, 6.45) is 3.03. The highest BCUT2D eigenvalue weighted by molar-refractivity contribution is 14.1. The Kier molecular flexibility index (Phi) is 4.35. The molecule has 0 saturated carbocycles. The third-order valence-corrected chi connectivity index (χ3v) is 2.62. The molecule has 86 valence electrons. The third kappa shape index (κ3) is 2.75. The first-order valence-electron chi connectivity index (χ1n) is 4.45. The van der Waals surface area contributed by atoms with Crippen molar-refractivity contribution in [2.75, 3.05) is 15.0 Å². The predicted molar refractivity (Wildman–Crippen MR) is 75.5 cm³/mol. The zero-order chi connectivity index (χ0) is 12.1. The smallest absolute Gasteiger partial charge is 0.149 e. The van der Waals surface area contributed by atoms with Gasteiger partial charge in [-0.3, -0.25) is 0 Å². The van der Waals surface area contributed by atoms with Crippen LogP contribution in [0, 0.1) is 5.41 Å². The van der Waals surface area contributed by atoms with E-state index in [0.29, 0.717) is 23.5 Å². The van der Waals surface area contributed by atoms with Crippen molar-refractivity contribution < 1.29 is 0 Å². The van der Waals surface area contributed by atoms with E-state index in [9.17, 15) is 0 Å². The minimum atomic E-state index is 0.276. The van der Waals surface area contributed by atoms with E-state index in [1.54, 1.807) is 6.07 Å². The third-order valence-electron chi connectivity index (χ3n) is 2.06. The molecular weight excluding hydrogens is 319 g/mol. The van der Waals surface area contributed by atoms with Crippen molar-refractivity contribution in [3.05, 3.63) is 23.4 Å². The molecule has 1 rings (SSSR count). The molecule has 0 bridgehead atoms. The van der Waals surface area contributed by atoms with E-state index in [2.05, 4.69) is 8.51 Å². The summed E-state index contributed by atoms with van der Waals surface area (Å²) in [4.78, 5) is 4.04. The zero-order valence-corrected chi connectivity index (χ0v) is 10.7. The van der Waals surface area contributed by atoms with E-state index < -0.39 is 0 Å². The highest BCUT2D eigenvalue weighted by Crippen LogP contribution is 2.24. The maximum atomic E-state index is 7.15. The van der Waals surface area contributed by atoms with Gasteiger partial charge in [-0.05, 0) is 23.4 Å². The largest absolute Gasteiger partial charge is 0.404 e. The van der Waals surface area contributed by atoms with Gasteiger partial charge >= 0.3 is 0 Å². The molecule has 8 N–H and O–H groups in total. The lowest BCUT2D eigenvalue weighted by Crippen LogP contribution is -2.06. The summed E-state index contributed by atoms with van der Waals surface area (Å²) < 4.78 is 2.86. The molecule has 1 heterocycles. The number of nitrogens with zero attached hydrogens (tertiary/aromatic N) is 1. The minimum Gasteiger partial charge on any atom is -0.404 e. The van der Waals surface area contributed by atoms with E-state index in [0.717, 1.165) is 5.56 Å². The van der Waals surface area contributed by atoms with E-state index in [1.807, 2.05) is 22.9 Å². The summed E-state index contributed by atoms with van der Waals surface area (Å²) in [6.45, 7) is 0. The summed E-state index contributed by atoms with van der Waals surface area (Å²) in [7, 11) is 0. The topological polar surface area (TPSA) is 127 Å². The molecular formula is C9H13IN6. The second-order valence-electron chi connectivity index (χ2n) is 3.12. The van der Waals surface area contributed by atoms with Gasteiger partial charge in [0, 0.05) is 12.6 Å². The Bertz CT molecular complexity index is 428. The normalized spacial score (nSPS) is 11.2. The van der Waals surface area contributed by atoms with Crippen molar-refractivity contribution >= 4 is 46.4 Å². The standard InChI is InChI=1S/C9H13IN6/c10-16-7-2-6(1-5(3-11)4-12)8(13)9(14)15-7/h2-4,11H,1,12-13H2,(H3,14,15,16). The Balaban J connectivity index is 3.12. The van der Waals surface area contributed by atoms with Gasteiger partial charge in [0.25, 0.3) is 0 Å². The van der Waals surface area contributed by atoms with Crippen LogP contribution >= 0.6 is 22.9 Å².